The van der Waals surface area contributed by atoms with Crippen LogP contribution in [0.2, 0.25) is 0 Å². The van der Waals surface area contributed by atoms with Crippen LogP contribution in [0.3, 0.4) is 0 Å². The van der Waals surface area contributed by atoms with E-state index in [4.69, 9.17) is 4.74 Å². The number of thiazole rings is 1. The van der Waals surface area contributed by atoms with Crippen molar-refractivity contribution in [2.24, 2.45) is 0 Å². The van der Waals surface area contributed by atoms with Crippen molar-refractivity contribution in [2.45, 2.75) is 33.4 Å². The Kier molecular flexibility index (Phi) is 5.92. The molecule has 1 aromatic heterocycles. The second-order valence-corrected chi connectivity index (χ2v) is 8.50. The first-order valence-electron chi connectivity index (χ1n) is 9.81. The zero-order valence-corrected chi connectivity index (χ0v) is 17.6. The molecule has 0 unspecified atom stereocenters. The predicted molar refractivity (Wildman–Crippen MR) is 116 cm³/mol. The maximum Gasteiger partial charge on any atom is 0.264 e. The van der Waals surface area contributed by atoms with E-state index < -0.39 is 0 Å². The van der Waals surface area contributed by atoms with Gasteiger partial charge in [-0.2, -0.15) is 0 Å². The normalized spacial score (nSPS) is 13.7. The Labute approximate surface area is 175 Å². The number of aryl methyl sites for hydroxylation is 2. The van der Waals surface area contributed by atoms with Gasteiger partial charge in [0, 0.05) is 30.9 Å². The fourth-order valence-electron chi connectivity index (χ4n) is 3.39. The third kappa shape index (κ3) is 5.02. The molecule has 1 aliphatic rings. The highest BCUT2D eigenvalue weighted by atomic mass is 32.1. The molecule has 0 radical (unpaired) electrons. The molecule has 0 atom stereocenters. The van der Waals surface area contributed by atoms with Gasteiger partial charge in [0.1, 0.15) is 5.75 Å². The monoisotopic (exact) mass is 407 g/mol. The fraction of sp³-hybridized carbons (Fsp3) is 0.304. The van der Waals surface area contributed by atoms with Gasteiger partial charge in [0.25, 0.3) is 5.91 Å². The number of fused-ring (bicyclic) bond motifs is 1. The van der Waals surface area contributed by atoms with Crippen LogP contribution in [-0.4, -0.2) is 28.9 Å². The molecule has 5 nitrogen and oxygen atoms in total. The number of carbonyl (C=O) groups excluding carboxylic acids is 1. The Morgan fingerprint density at radius 3 is 2.79 bits per heavy atom. The second kappa shape index (κ2) is 8.76. The lowest BCUT2D eigenvalue weighted by Crippen LogP contribution is -2.29. The van der Waals surface area contributed by atoms with Gasteiger partial charge >= 0.3 is 0 Å². The summed E-state index contributed by atoms with van der Waals surface area (Å²) in [7, 11) is 0. The van der Waals surface area contributed by atoms with E-state index in [0.29, 0.717) is 10.9 Å². The molecule has 1 amide bonds. The first-order valence-corrected chi connectivity index (χ1v) is 10.6. The van der Waals surface area contributed by atoms with Crippen LogP contribution < -0.4 is 10.1 Å². The van der Waals surface area contributed by atoms with Crippen LogP contribution in [0.5, 0.6) is 5.75 Å². The smallest absolute Gasteiger partial charge is 0.264 e. The fourth-order valence-corrected chi connectivity index (χ4v) is 4.45. The lowest BCUT2D eigenvalue weighted by molar-refractivity contribution is -0.118. The van der Waals surface area contributed by atoms with Crippen molar-refractivity contribution in [3.05, 3.63) is 75.8 Å². The highest BCUT2D eigenvalue weighted by molar-refractivity contribution is 7.15. The third-order valence-corrected chi connectivity index (χ3v) is 6.15. The van der Waals surface area contributed by atoms with Crippen molar-refractivity contribution >= 4 is 22.4 Å². The Morgan fingerprint density at radius 1 is 1.17 bits per heavy atom. The highest BCUT2D eigenvalue weighted by Gasteiger charge is 2.21. The average molecular weight is 408 g/mol. The number of benzene rings is 2. The van der Waals surface area contributed by atoms with Gasteiger partial charge in [-0.05, 0) is 42.7 Å². The van der Waals surface area contributed by atoms with E-state index in [9.17, 15) is 4.79 Å². The van der Waals surface area contributed by atoms with Crippen LogP contribution in [0.15, 0.2) is 48.5 Å². The zero-order chi connectivity index (χ0) is 20.2. The molecule has 1 aliphatic heterocycles. The first-order chi connectivity index (χ1) is 14.1. The molecule has 6 heteroatoms. The topological polar surface area (TPSA) is 54.5 Å². The molecule has 150 valence electrons. The molecule has 0 saturated heterocycles. The summed E-state index contributed by atoms with van der Waals surface area (Å²) >= 11 is 1.56. The standard InChI is InChI=1S/C23H25N3O2S/c1-16-8-9-19(12-17(16)2)28-15-22(27)25-23-24-20-10-11-26(14-21(20)29-23)13-18-6-4-3-5-7-18/h3-9,12H,10-11,13-15H2,1-2H3,(H,24,25,27). The number of hydrogen-bond donors (Lipinski definition) is 1. The maximum absolute atomic E-state index is 12.3. The van der Waals surface area contributed by atoms with Gasteiger partial charge in [-0.1, -0.05) is 36.4 Å². The van der Waals surface area contributed by atoms with Crippen molar-refractivity contribution in [1.29, 1.82) is 0 Å². The molecule has 29 heavy (non-hydrogen) atoms. The maximum atomic E-state index is 12.3. The number of carbonyl (C=O) groups is 1. The molecule has 2 aromatic carbocycles. The van der Waals surface area contributed by atoms with E-state index >= 15 is 0 Å². The van der Waals surface area contributed by atoms with Crippen LogP contribution in [0.4, 0.5) is 5.13 Å². The number of nitrogens with one attached hydrogen (secondary N) is 1. The molecule has 0 spiro atoms. The zero-order valence-electron chi connectivity index (χ0n) is 16.8. The minimum Gasteiger partial charge on any atom is -0.484 e. The summed E-state index contributed by atoms with van der Waals surface area (Å²) in [4.78, 5) is 20.5. The summed E-state index contributed by atoms with van der Waals surface area (Å²) in [5.74, 6) is 0.522. The number of rotatable bonds is 6. The minimum absolute atomic E-state index is 0.0210. The molecule has 2 heterocycles. The lowest BCUT2D eigenvalue weighted by atomic mass is 10.1. The van der Waals surface area contributed by atoms with E-state index in [0.717, 1.165) is 37.3 Å². The second-order valence-electron chi connectivity index (χ2n) is 7.42. The van der Waals surface area contributed by atoms with E-state index in [1.165, 1.54) is 16.0 Å². The molecule has 3 aromatic rings. The van der Waals surface area contributed by atoms with Gasteiger partial charge in [0.05, 0.1) is 5.69 Å². The Hall–Kier alpha value is -2.70. The summed E-state index contributed by atoms with van der Waals surface area (Å²) in [6.45, 7) is 6.85. The van der Waals surface area contributed by atoms with E-state index in [1.54, 1.807) is 11.3 Å². The van der Waals surface area contributed by atoms with Crippen LogP contribution in [0.25, 0.3) is 0 Å². The summed E-state index contributed by atoms with van der Waals surface area (Å²) in [6.07, 6.45) is 0.910. The van der Waals surface area contributed by atoms with Gasteiger partial charge in [-0.3, -0.25) is 15.0 Å². The Balaban J connectivity index is 1.31. The molecule has 0 aliphatic carbocycles. The van der Waals surface area contributed by atoms with Gasteiger partial charge < -0.3 is 4.74 Å². The van der Waals surface area contributed by atoms with E-state index in [-0.39, 0.29) is 12.5 Å². The molecular weight excluding hydrogens is 382 g/mol. The molecule has 4 rings (SSSR count). The minimum atomic E-state index is -0.185. The summed E-state index contributed by atoms with van der Waals surface area (Å²) < 4.78 is 5.62. The van der Waals surface area contributed by atoms with E-state index in [2.05, 4.69) is 46.4 Å². The van der Waals surface area contributed by atoms with Crippen molar-refractivity contribution in [2.75, 3.05) is 18.5 Å². The first kappa shape index (κ1) is 19.6. The van der Waals surface area contributed by atoms with Crippen molar-refractivity contribution in [3.63, 3.8) is 0 Å². The summed E-state index contributed by atoms with van der Waals surface area (Å²) in [5, 5.41) is 3.54. The summed E-state index contributed by atoms with van der Waals surface area (Å²) in [5.41, 5.74) is 4.77. The largest absolute Gasteiger partial charge is 0.484 e. The van der Waals surface area contributed by atoms with Crippen LogP contribution in [0.1, 0.15) is 27.3 Å². The van der Waals surface area contributed by atoms with Crippen molar-refractivity contribution in [3.8, 4) is 5.75 Å². The number of hydrogen-bond acceptors (Lipinski definition) is 5. The van der Waals surface area contributed by atoms with Gasteiger partial charge in [0.2, 0.25) is 0 Å². The van der Waals surface area contributed by atoms with Crippen LogP contribution >= 0.6 is 11.3 Å². The lowest BCUT2D eigenvalue weighted by Gasteiger charge is -2.25. The van der Waals surface area contributed by atoms with Crippen molar-refractivity contribution in [1.82, 2.24) is 9.88 Å². The van der Waals surface area contributed by atoms with Crippen molar-refractivity contribution < 1.29 is 9.53 Å². The van der Waals surface area contributed by atoms with Gasteiger partial charge in [-0.15, -0.1) is 11.3 Å². The molecule has 0 bridgehead atoms. The molecule has 0 saturated carbocycles. The predicted octanol–water partition coefficient (Wildman–Crippen LogP) is 4.34. The average Bonchev–Trinajstić information content (AvgIpc) is 3.11. The Bertz CT molecular complexity index is 1000. The third-order valence-electron chi connectivity index (χ3n) is 5.15. The van der Waals surface area contributed by atoms with Crippen LogP contribution in [0, 0.1) is 13.8 Å². The number of ether oxygens (including phenoxy) is 1. The quantitative estimate of drug-likeness (QED) is 0.661. The van der Waals surface area contributed by atoms with E-state index in [1.807, 2.05) is 31.2 Å². The number of anilines is 1. The Morgan fingerprint density at radius 2 is 2.00 bits per heavy atom. The highest BCUT2D eigenvalue weighted by Crippen LogP contribution is 2.29. The molecule has 0 fully saturated rings. The van der Waals surface area contributed by atoms with Gasteiger partial charge in [-0.25, -0.2) is 4.98 Å². The number of nitrogens with zero attached hydrogens (tertiary/aromatic N) is 2. The summed E-state index contributed by atoms with van der Waals surface area (Å²) in [6, 6.07) is 16.3. The molecular formula is C23H25N3O2S. The van der Waals surface area contributed by atoms with Gasteiger partial charge in [0.15, 0.2) is 11.7 Å². The number of amides is 1. The number of aromatic nitrogens is 1. The van der Waals surface area contributed by atoms with Crippen LogP contribution in [-0.2, 0) is 24.3 Å². The SMILES string of the molecule is Cc1ccc(OCC(=O)Nc2nc3c(s2)CN(Cc2ccccc2)CC3)cc1C. The molecule has 1 N–H and O–H groups in total.